The number of amides is 1. The fraction of sp³-hybridized carbons (Fsp3) is 0.471. The van der Waals surface area contributed by atoms with E-state index in [1.807, 2.05) is 19.2 Å². The second kappa shape index (κ2) is 8.80. The van der Waals surface area contributed by atoms with Gasteiger partial charge in [0.25, 0.3) is 0 Å². The lowest BCUT2D eigenvalue weighted by atomic mass is 9.87. The second-order valence-corrected chi connectivity index (χ2v) is 6.59. The normalized spacial score (nSPS) is 11.0. The van der Waals surface area contributed by atoms with E-state index in [0.717, 1.165) is 18.5 Å². The fourth-order valence-corrected chi connectivity index (χ4v) is 2.19. The number of aromatic nitrogens is 3. The van der Waals surface area contributed by atoms with Crippen LogP contribution in [-0.2, 0) is 10.2 Å². The zero-order valence-corrected chi connectivity index (χ0v) is 15.5. The Bertz CT molecular complexity index is 646. The van der Waals surface area contributed by atoms with Gasteiger partial charge in [-0.05, 0) is 31.0 Å². The van der Waals surface area contributed by atoms with Gasteiger partial charge in [-0.25, -0.2) is 0 Å². The van der Waals surface area contributed by atoms with Crippen molar-refractivity contribution in [3.8, 4) is 11.4 Å². The average molecular weight is 352 g/mol. The molecule has 24 heavy (non-hydrogen) atoms. The summed E-state index contributed by atoms with van der Waals surface area (Å²) in [6, 6.07) is 8.21. The van der Waals surface area contributed by atoms with E-state index in [4.69, 9.17) is 0 Å². The number of nitrogens with zero attached hydrogens (tertiary/aromatic N) is 2. The molecule has 0 unspecified atom stereocenters. The van der Waals surface area contributed by atoms with E-state index in [9.17, 15) is 4.79 Å². The summed E-state index contributed by atoms with van der Waals surface area (Å²) in [7, 11) is 1.87. The quantitative estimate of drug-likeness (QED) is 0.698. The first-order valence-corrected chi connectivity index (χ1v) is 7.88. The first-order chi connectivity index (χ1) is 10.9. The van der Waals surface area contributed by atoms with Crippen LogP contribution in [0.1, 0.15) is 39.2 Å². The summed E-state index contributed by atoms with van der Waals surface area (Å²) in [5.74, 6) is 0.888. The number of benzene rings is 1. The third kappa shape index (κ3) is 5.62. The maximum Gasteiger partial charge on any atom is 0.249 e. The SMILES string of the molecule is CNCCCC(=O)Nc1n[nH]c(-c2ccc(C(C)(C)C)cc2)n1.Cl. The highest BCUT2D eigenvalue weighted by atomic mass is 35.5. The number of aromatic amines is 1. The molecule has 132 valence electrons. The number of H-pyrrole nitrogens is 1. The molecule has 1 heterocycles. The third-order valence-corrected chi connectivity index (χ3v) is 3.59. The smallest absolute Gasteiger partial charge is 0.249 e. The predicted molar refractivity (Wildman–Crippen MR) is 99.6 cm³/mol. The zero-order chi connectivity index (χ0) is 16.9. The van der Waals surface area contributed by atoms with Crippen molar-refractivity contribution in [1.82, 2.24) is 20.5 Å². The molecule has 0 saturated heterocycles. The molecule has 0 fully saturated rings. The van der Waals surface area contributed by atoms with Crippen LogP contribution in [0.15, 0.2) is 24.3 Å². The molecule has 0 atom stereocenters. The number of carbonyl (C=O) groups is 1. The molecule has 0 spiro atoms. The molecule has 0 bridgehead atoms. The Morgan fingerprint density at radius 1 is 1.21 bits per heavy atom. The van der Waals surface area contributed by atoms with E-state index < -0.39 is 0 Å². The monoisotopic (exact) mass is 351 g/mol. The van der Waals surface area contributed by atoms with Crippen LogP contribution in [-0.4, -0.2) is 34.7 Å². The van der Waals surface area contributed by atoms with Gasteiger partial charge in [-0.15, -0.1) is 17.5 Å². The highest BCUT2D eigenvalue weighted by Gasteiger charge is 2.14. The third-order valence-electron chi connectivity index (χ3n) is 3.59. The molecule has 0 aliphatic carbocycles. The van der Waals surface area contributed by atoms with E-state index in [1.54, 1.807) is 0 Å². The molecule has 0 saturated carbocycles. The van der Waals surface area contributed by atoms with Crippen molar-refractivity contribution in [2.75, 3.05) is 18.9 Å². The minimum Gasteiger partial charge on any atom is -0.320 e. The summed E-state index contributed by atoms with van der Waals surface area (Å²) in [4.78, 5) is 16.1. The molecule has 1 amide bonds. The number of nitrogens with one attached hydrogen (secondary N) is 3. The van der Waals surface area contributed by atoms with Crippen LogP contribution in [0.4, 0.5) is 5.95 Å². The minimum absolute atomic E-state index is 0. The molecule has 3 N–H and O–H groups in total. The van der Waals surface area contributed by atoms with Crippen molar-refractivity contribution < 1.29 is 4.79 Å². The van der Waals surface area contributed by atoms with Gasteiger partial charge in [-0.3, -0.25) is 15.2 Å². The van der Waals surface area contributed by atoms with Crippen LogP contribution in [0.25, 0.3) is 11.4 Å². The maximum atomic E-state index is 11.8. The summed E-state index contributed by atoms with van der Waals surface area (Å²) < 4.78 is 0. The Balaban J connectivity index is 0.00000288. The van der Waals surface area contributed by atoms with E-state index >= 15 is 0 Å². The molecule has 7 heteroatoms. The Hall–Kier alpha value is -1.92. The van der Waals surface area contributed by atoms with E-state index in [0.29, 0.717) is 18.2 Å². The van der Waals surface area contributed by atoms with E-state index in [-0.39, 0.29) is 23.7 Å². The fourth-order valence-electron chi connectivity index (χ4n) is 2.19. The van der Waals surface area contributed by atoms with Gasteiger partial charge in [-0.1, -0.05) is 45.0 Å². The summed E-state index contributed by atoms with van der Waals surface area (Å²) in [6.45, 7) is 7.35. The van der Waals surface area contributed by atoms with Crippen molar-refractivity contribution in [2.24, 2.45) is 0 Å². The van der Waals surface area contributed by atoms with Crippen LogP contribution in [0, 0.1) is 0 Å². The lowest BCUT2D eigenvalue weighted by Crippen LogP contribution is -2.15. The van der Waals surface area contributed by atoms with Crippen LogP contribution < -0.4 is 10.6 Å². The topological polar surface area (TPSA) is 82.7 Å². The largest absolute Gasteiger partial charge is 0.320 e. The van der Waals surface area contributed by atoms with Crippen molar-refractivity contribution in [3.05, 3.63) is 29.8 Å². The van der Waals surface area contributed by atoms with Crippen LogP contribution >= 0.6 is 12.4 Å². The molecule has 6 nitrogen and oxygen atoms in total. The van der Waals surface area contributed by atoms with Gasteiger partial charge in [-0.2, -0.15) is 4.98 Å². The van der Waals surface area contributed by atoms with Crippen LogP contribution in [0.3, 0.4) is 0 Å². The Morgan fingerprint density at radius 3 is 2.46 bits per heavy atom. The molecule has 0 radical (unpaired) electrons. The number of anilines is 1. The lowest BCUT2D eigenvalue weighted by molar-refractivity contribution is -0.116. The van der Waals surface area contributed by atoms with Crippen molar-refractivity contribution in [2.45, 2.75) is 39.0 Å². The predicted octanol–water partition coefficient (Wildman–Crippen LogP) is 3.13. The molecule has 1 aromatic carbocycles. The van der Waals surface area contributed by atoms with E-state index in [2.05, 4.69) is 58.7 Å². The van der Waals surface area contributed by atoms with E-state index in [1.165, 1.54) is 5.56 Å². The highest BCUT2D eigenvalue weighted by Crippen LogP contribution is 2.24. The second-order valence-electron chi connectivity index (χ2n) is 6.59. The number of hydrogen-bond acceptors (Lipinski definition) is 4. The maximum absolute atomic E-state index is 11.8. The average Bonchev–Trinajstić information content (AvgIpc) is 2.95. The van der Waals surface area contributed by atoms with Gasteiger partial charge >= 0.3 is 0 Å². The standard InChI is InChI=1S/C17H25N5O.ClH/c1-17(2,3)13-9-7-12(8-10-13)15-20-16(22-21-15)19-14(23)6-5-11-18-4;/h7-10,18H,5-6,11H2,1-4H3,(H2,19,20,21,22,23);1H. The number of halogens is 1. The number of hydrogen-bond donors (Lipinski definition) is 3. The lowest BCUT2D eigenvalue weighted by Gasteiger charge is -2.18. The highest BCUT2D eigenvalue weighted by molar-refractivity contribution is 5.89. The first-order valence-electron chi connectivity index (χ1n) is 7.88. The molecule has 2 rings (SSSR count). The van der Waals surface area contributed by atoms with Gasteiger partial charge in [0.2, 0.25) is 11.9 Å². The molecule has 2 aromatic rings. The van der Waals surface area contributed by atoms with Gasteiger partial charge in [0.15, 0.2) is 5.82 Å². The molecule has 0 aliphatic heterocycles. The minimum atomic E-state index is -0.0751. The van der Waals surface area contributed by atoms with Crippen molar-refractivity contribution >= 4 is 24.3 Å². The number of rotatable bonds is 6. The van der Waals surface area contributed by atoms with Gasteiger partial charge in [0, 0.05) is 12.0 Å². The van der Waals surface area contributed by atoms with Crippen molar-refractivity contribution in [3.63, 3.8) is 0 Å². The summed E-state index contributed by atoms with van der Waals surface area (Å²) in [6.07, 6.45) is 1.23. The van der Waals surface area contributed by atoms with Gasteiger partial charge < -0.3 is 5.32 Å². The summed E-state index contributed by atoms with van der Waals surface area (Å²) >= 11 is 0. The Labute approximate surface area is 149 Å². The van der Waals surface area contributed by atoms with Crippen LogP contribution in [0.5, 0.6) is 0 Å². The summed E-state index contributed by atoms with van der Waals surface area (Å²) in [5.41, 5.74) is 2.33. The molecule has 1 aromatic heterocycles. The van der Waals surface area contributed by atoms with Crippen molar-refractivity contribution in [1.29, 1.82) is 0 Å². The Morgan fingerprint density at radius 2 is 1.88 bits per heavy atom. The number of carbonyl (C=O) groups excluding carboxylic acids is 1. The van der Waals surface area contributed by atoms with Crippen LogP contribution in [0.2, 0.25) is 0 Å². The van der Waals surface area contributed by atoms with Gasteiger partial charge in [0.1, 0.15) is 0 Å². The summed E-state index contributed by atoms with van der Waals surface area (Å²) in [5, 5.41) is 12.6. The first kappa shape index (κ1) is 20.1. The Kier molecular flexibility index (Phi) is 7.38. The molecular weight excluding hydrogens is 326 g/mol. The zero-order valence-electron chi connectivity index (χ0n) is 14.6. The van der Waals surface area contributed by atoms with Gasteiger partial charge in [0.05, 0.1) is 0 Å². The molecular formula is C17H26ClN5O. The molecule has 0 aliphatic rings.